The Morgan fingerprint density at radius 3 is 2.20 bits per heavy atom. The van der Waals surface area contributed by atoms with E-state index in [1.165, 1.54) is 19.1 Å². The van der Waals surface area contributed by atoms with Crippen LogP contribution in [0.4, 0.5) is 5.69 Å². The van der Waals surface area contributed by atoms with Gasteiger partial charge in [0.25, 0.3) is 9.04 Å². The van der Waals surface area contributed by atoms with Crippen molar-refractivity contribution in [2.45, 2.75) is 46.2 Å². The summed E-state index contributed by atoms with van der Waals surface area (Å²) >= 11 is 0. The van der Waals surface area contributed by atoms with Gasteiger partial charge in [0.05, 0.1) is 4.92 Å². The predicted molar refractivity (Wildman–Crippen MR) is 79.9 cm³/mol. The summed E-state index contributed by atoms with van der Waals surface area (Å²) in [6.45, 7) is 11.0. The van der Waals surface area contributed by atoms with Crippen LogP contribution in [-0.4, -0.2) is 19.7 Å². The van der Waals surface area contributed by atoms with Crippen molar-refractivity contribution in [1.29, 1.82) is 0 Å². The summed E-state index contributed by atoms with van der Waals surface area (Å²) in [6.07, 6.45) is 0. The van der Waals surface area contributed by atoms with Crippen LogP contribution < -0.4 is 4.43 Å². The van der Waals surface area contributed by atoms with Crippen molar-refractivity contribution >= 4 is 20.5 Å². The van der Waals surface area contributed by atoms with Gasteiger partial charge in [0.1, 0.15) is 0 Å². The Morgan fingerprint density at radius 2 is 1.85 bits per heavy atom. The molecule has 0 heterocycles. The second kappa shape index (κ2) is 5.74. The van der Waals surface area contributed by atoms with E-state index >= 15 is 0 Å². The van der Waals surface area contributed by atoms with Crippen molar-refractivity contribution in [3.8, 4) is 5.75 Å². The lowest BCUT2D eigenvalue weighted by Gasteiger charge is -2.26. The van der Waals surface area contributed by atoms with Crippen molar-refractivity contribution in [2.24, 2.45) is 0 Å². The SMILES string of the molecule is CC(=O)c1ccc([N+](=O)[O-])c(O[Si](C)C)c1C(C)(C)C. The van der Waals surface area contributed by atoms with Crippen LogP contribution in [0.1, 0.15) is 43.6 Å². The first-order chi connectivity index (χ1) is 9.05. The van der Waals surface area contributed by atoms with Gasteiger partial charge in [-0.1, -0.05) is 20.8 Å². The minimum absolute atomic E-state index is 0.0777. The first-order valence-electron chi connectivity index (χ1n) is 6.36. The fourth-order valence-electron chi connectivity index (χ4n) is 2.06. The lowest BCUT2D eigenvalue weighted by molar-refractivity contribution is -0.385. The van der Waals surface area contributed by atoms with E-state index in [0.717, 1.165) is 0 Å². The highest BCUT2D eigenvalue weighted by molar-refractivity contribution is 6.49. The summed E-state index contributed by atoms with van der Waals surface area (Å²) in [7, 11) is -1.18. The van der Waals surface area contributed by atoms with Crippen LogP contribution in [0.15, 0.2) is 12.1 Å². The first-order valence-corrected chi connectivity index (χ1v) is 8.77. The summed E-state index contributed by atoms with van der Waals surface area (Å²) < 4.78 is 5.76. The molecule has 0 fully saturated rings. The Bertz CT molecular complexity index is 547. The van der Waals surface area contributed by atoms with Gasteiger partial charge in [0.15, 0.2) is 11.5 Å². The molecule has 0 aliphatic rings. The van der Waals surface area contributed by atoms with Gasteiger partial charge >= 0.3 is 5.69 Å². The normalized spacial score (nSPS) is 11.6. The van der Waals surface area contributed by atoms with Gasteiger partial charge in [-0.25, -0.2) is 0 Å². The van der Waals surface area contributed by atoms with Crippen LogP contribution in [-0.2, 0) is 5.41 Å². The highest BCUT2D eigenvalue weighted by Gasteiger charge is 2.31. The minimum atomic E-state index is -1.18. The van der Waals surface area contributed by atoms with Gasteiger partial charge in [0, 0.05) is 17.2 Å². The molecular formula is C14H20NO4Si. The number of nitrogens with zero attached hydrogens (tertiary/aromatic N) is 1. The lowest BCUT2D eigenvalue weighted by Crippen LogP contribution is -2.22. The van der Waals surface area contributed by atoms with Gasteiger partial charge in [-0.05, 0) is 31.5 Å². The number of hydrogen-bond donors (Lipinski definition) is 0. The Hall–Kier alpha value is -1.69. The van der Waals surface area contributed by atoms with E-state index in [0.29, 0.717) is 11.1 Å². The highest BCUT2D eigenvalue weighted by atomic mass is 28.3. The Kier molecular flexibility index (Phi) is 4.70. The Morgan fingerprint density at radius 1 is 1.30 bits per heavy atom. The van der Waals surface area contributed by atoms with Crippen LogP contribution >= 0.6 is 0 Å². The maximum Gasteiger partial charge on any atom is 0.309 e. The molecule has 0 unspecified atom stereocenters. The minimum Gasteiger partial charge on any atom is -0.538 e. The smallest absolute Gasteiger partial charge is 0.309 e. The van der Waals surface area contributed by atoms with Crippen molar-refractivity contribution in [1.82, 2.24) is 0 Å². The third-order valence-corrected chi connectivity index (χ3v) is 3.38. The van der Waals surface area contributed by atoms with Gasteiger partial charge in [-0.3, -0.25) is 14.9 Å². The molecule has 5 nitrogen and oxygen atoms in total. The van der Waals surface area contributed by atoms with E-state index in [2.05, 4.69) is 0 Å². The number of ketones is 1. The summed E-state index contributed by atoms with van der Waals surface area (Å²) in [5, 5.41) is 11.2. The third kappa shape index (κ3) is 3.44. The Labute approximate surface area is 120 Å². The highest BCUT2D eigenvalue weighted by Crippen LogP contribution is 2.41. The summed E-state index contributed by atoms with van der Waals surface area (Å²) in [5.41, 5.74) is 0.609. The molecule has 0 aromatic heterocycles. The number of nitro benzene ring substituents is 1. The number of nitro groups is 1. The van der Waals surface area contributed by atoms with E-state index in [1.54, 1.807) is 0 Å². The Balaban J connectivity index is 3.73. The molecule has 0 spiro atoms. The number of hydrogen-bond acceptors (Lipinski definition) is 4. The number of carbonyl (C=O) groups excluding carboxylic acids is 1. The number of benzene rings is 1. The van der Waals surface area contributed by atoms with Crippen molar-refractivity contribution in [2.75, 3.05) is 0 Å². The van der Waals surface area contributed by atoms with Gasteiger partial charge in [-0.15, -0.1) is 0 Å². The number of Topliss-reactive ketones (excluding diaryl/α,β-unsaturated/α-hetero) is 1. The van der Waals surface area contributed by atoms with E-state index in [1.807, 2.05) is 33.9 Å². The maximum atomic E-state index is 11.8. The van der Waals surface area contributed by atoms with Crippen LogP contribution in [0, 0.1) is 10.1 Å². The molecule has 1 aromatic carbocycles. The molecule has 0 amide bonds. The average molecular weight is 294 g/mol. The number of rotatable bonds is 4. The summed E-state index contributed by atoms with van der Waals surface area (Å²) in [6, 6.07) is 2.87. The standard InChI is InChI=1S/C14H20NO4Si/c1-9(16)10-7-8-11(15(17)18)13(19-20(5)6)12(10)14(2,3)4/h7-8H,1-6H3. The fraction of sp³-hybridized carbons (Fsp3) is 0.500. The summed E-state index contributed by atoms with van der Waals surface area (Å²) in [5.74, 6) is 0.129. The molecule has 6 heteroatoms. The molecule has 1 radical (unpaired) electrons. The predicted octanol–water partition coefficient (Wildman–Crippen LogP) is 3.72. The zero-order valence-electron chi connectivity index (χ0n) is 12.7. The van der Waals surface area contributed by atoms with Crippen LogP contribution in [0.3, 0.4) is 0 Å². The van der Waals surface area contributed by atoms with E-state index < -0.39 is 19.4 Å². The van der Waals surface area contributed by atoms with Crippen molar-refractivity contribution < 1.29 is 14.1 Å². The van der Waals surface area contributed by atoms with Crippen molar-refractivity contribution in [3.05, 3.63) is 33.4 Å². The third-order valence-electron chi connectivity index (χ3n) is 2.77. The first kappa shape index (κ1) is 16.4. The van der Waals surface area contributed by atoms with Crippen molar-refractivity contribution in [3.63, 3.8) is 0 Å². The molecule has 1 rings (SSSR count). The fourth-order valence-corrected chi connectivity index (χ4v) is 2.68. The number of carbonyl (C=O) groups is 1. The second-order valence-corrected chi connectivity index (χ2v) is 7.93. The van der Waals surface area contributed by atoms with Crippen LogP contribution in [0.25, 0.3) is 0 Å². The van der Waals surface area contributed by atoms with Gasteiger partial charge in [-0.2, -0.15) is 0 Å². The van der Waals surface area contributed by atoms with Gasteiger partial charge in [0.2, 0.25) is 0 Å². The van der Waals surface area contributed by atoms with Gasteiger partial charge < -0.3 is 4.43 Å². The molecule has 1 aromatic rings. The molecule has 0 N–H and O–H groups in total. The maximum absolute atomic E-state index is 11.8. The van der Waals surface area contributed by atoms with E-state index in [9.17, 15) is 14.9 Å². The quantitative estimate of drug-likeness (QED) is 0.367. The molecule has 0 saturated heterocycles. The van der Waals surface area contributed by atoms with E-state index in [-0.39, 0.29) is 17.2 Å². The van der Waals surface area contributed by atoms with Crippen LogP contribution in [0.2, 0.25) is 13.1 Å². The molecule has 0 bridgehead atoms. The topological polar surface area (TPSA) is 69.4 Å². The molecule has 109 valence electrons. The van der Waals surface area contributed by atoms with E-state index in [4.69, 9.17) is 4.43 Å². The lowest BCUT2D eigenvalue weighted by atomic mass is 9.81. The van der Waals surface area contributed by atoms with Crippen LogP contribution in [0.5, 0.6) is 5.75 Å². The zero-order valence-corrected chi connectivity index (χ0v) is 13.7. The molecule has 20 heavy (non-hydrogen) atoms. The molecule has 0 aliphatic carbocycles. The second-order valence-electron chi connectivity index (χ2n) is 5.91. The largest absolute Gasteiger partial charge is 0.538 e. The molecule has 0 saturated carbocycles. The monoisotopic (exact) mass is 294 g/mol. The average Bonchev–Trinajstić information content (AvgIpc) is 2.25. The molecule has 0 atom stereocenters. The molecule has 0 aliphatic heterocycles. The summed E-state index contributed by atoms with van der Waals surface area (Å²) in [4.78, 5) is 22.6. The molecular weight excluding hydrogens is 274 g/mol. The zero-order chi connectivity index (χ0) is 15.7.